The molecule has 122 valence electrons. The van der Waals surface area contributed by atoms with Gasteiger partial charge in [-0.1, -0.05) is 24.8 Å². The molecule has 0 aliphatic rings. The van der Waals surface area contributed by atoms with Crippen LogP contribution >= 0.6 is 0 Å². The lowest BCUT2D eigenvalue weighted by Crippen LogP contribution is -2.36. The average molecular weight is 330 g/mol. The monoisotopic (exact) mass is 330 g/mol. The lowest BCUT2D eigenvalue weighted by atomic mass is 10.1. The van der Waals surface area contributed by atoms with Crippen LogP contribution in [0.3, 0.4) is 0 Å². The Balaban J connectivity index is 3.45. The molecule has 1 rings (SSSR count). The van der Waals surface area contributed by atoms with E-state index in [-0.39, 0.29) is 23.3 Å². The molecule has 1 aromatic rings. The van der Waals surface area contributed by atoms with Gasteiger partial charge < -0.3 is 9.47 Å². The molecule has 0 aliphatic heterocycles. The largest absolute Gasteiger partial charge is 0.454 e. The second kappa shape index (κ2) is 9.21. The van der Waals surface area contributed by atoms with Gasteiger partial charge in [0.25, 0.3) is 5.79 Å². The van der Waals surface area contributed by atoms with Crippen molar-refractivity contribution in [3.05, 3.63) is 66.0 Å². The van der Waals surface area contributed by atoms with Gasteiger partial charge in [-0.15, -0.1) is 0 Å². The highest BCUT2D eigenvalue weighted by atomic mass is 16.7. The number of hydrogen-bond acceptors (Lipinski definition) is 6. The summed E-state index contributed by atoms with van der Waals surface area (Å²) in [5.74, 6) is -0.919. The van der Waals surface area contributed by atoms with Gasteiger partial charge in [-0.25, -0.2) is 0 Å². The smallest absolute Gasteiger partial charge is 0.276 e. The molecule has 0 spiro atoms. The number of allylic oxidation sites excluding steroid dienone is 3. The van der Waals surface area contributed by atoms with E-state index in [0.29, 0.717) is 5.75 Å². The molecule has 0 saturated carbocycles. The Labute approximate surface area is 146 Å². The molecule has 0 aromatic heterocycles. The molecule has 6 nitrogen and oxygen atoms in total. The third kappa shape index (κ3) is 5.95. The van der Waals surface area contributed by atoms with Crippen LogP contribution in [0.2, 0.25) is 0 Å². The van der Waals surface area contributed by atoms with Crippen LogP contribution in [0.25, 0.3) is 0 Å². The standard InChI is InChI=1S/C19H14N4O2/c1-15(2)24-19(10-17(13-22)14-23,9-8-16(11-20)12-21)25-18-6-4-3-5-7-18/h3-8,10H,1,9H2,2H3. The SMILES string of the molecule is C=C(C)OC(C=C(C#N)C#N)(CC=C(C#N)C#N)Oc1ccccc1. The number of nitriles is 4. The van der Waals surface area contributed by atoms with Crippen molar-refractivity contribution in [1.29, 1.82) is 21.0 Å². The molecule has 0 heterocycles. The summed E-state index contributed by atoms with van der Waals surface area (Å²) < 4.78 is 11.5. The van der Waals surface area contributed by atoms with E-state index in [1.165, 1.54) is 12.2 Å². The Hall–Kier alpha value is -4.00. The van der Waals surface area contributed by atoms with Crippen molar-refractivity contribution >= 4 is 0 Å². The zero-order valence-corrected chi connectivity index (χ0v) is 13.6. The number of rotatable bonds is 7. The zero-order valence-electron chi connectivity index (χ0n) is 13.6. The van der Waals surface area contributed by atoms with Crippen molar-refractivity contribution in [3.8, 4) is 30.0 Å². The summed E-state index contributed by atoms with van der Waals surface area (Å²) in [6.45, 7) is 5.24. The molecule has 0 radical (unpaired) electrons. The maximum absolute atomic E-state index is 9.06. The molecule has 0 aliphatic carbocycles. The molecule has 25 heavy (non-hydrogen) atoms. The maximum atomic E-state index is 9.06. The van der Waals surface area contributed by atoms with E-state index in [0.717, 1.165) is 0 Å². The first-order valence-electron chi connectivity index (χ1n) is 7.10. The van der Waals surface area contributed by atoms with Crippen LogP contribution in [0.1, 0.15) is 13.3 Å². The number of nitrogens with zero attached hydrogens (tertiary/aromatic N) is 4. The Morgan fingerprint density at radius 2 is 1.60 bits per heavy atom. The summed E-state index contributed by atoms with van der Waals surface area (Å²) in [7, 11) is 0. The van der Waals surface area contributed by atoms with Crippen LogP contribution in [0.4, 0.5) is 0 Å². The minimum atomic E-state index is -1.60. The van der Waals surface area contributed by atoms with Crippen molar-refractivity contribution in [1.82, 2.24) is 0 Å². The van der Waals surface area contributed by atoms with Gasteiger partial charge in [0.1, 0.15) is 41.2 Å². The fraction of sp³-hybridized carbons (Fsp3) is 0.158. The maximum Gasteiger partial charge on any atom is 0.276 e. The van der Waals surface area contributed by atoms with Gasteiger partial charge in [-0.05, 0) is 25.1 Å². The summed E-state index contributed by atoms with van der Waals surface area (Å²) in [5, 5.41) is 35.9. The van der Waals surface area contributed by atoms with Crippen molar-refractivity contribution < 1.29 is 9.47 Å². The number of para-hydroxylation sites is 1. The molecule has 0 amide bonds. The first kappa shape index (κ1) is 19.0. The molecule has 0 bridgehead atoms. The summed E-state index contributed by atoms with van der Waals surface area (Å²) in [6, 6.07) is 15.6. The van der Waals surface area contributed by atoms with Crippen LogP contribution in [-0.2, 0) is 4.74 Å². The highest BCUT2D eigenvalue weighted by Gasteiger charge is 2.33. The van der Waals surface area contributed by atoms with E-state index in [1.54, 1.807) is 61.5 Å². The normalized spacial score (nSPS) is 11.1. The Kier molecular flexibility index (Phi) is 7.02. The van der Waals surface area contributed by atoms with Crippen molar-refractivity contribution in [2.75, 3.05) is 0 Å². The van der Waals surface area contributed by atoms with Gasteiger partial charge in [0, 0.05) is 12.5 Å². The molecule has 0 fully saturated rings. The van der Waals surface area contributed by atoms with Gasteiger partial charge in [0.05, 0.1) is 5.76 Å². The molecule has 1 unspecified atom stereocenters. The highest BCUT2D eigenvalue weighted by Crippen LogP contribution is 2.28. The molecule has 1 aromatic carbocycles. The fourth-order valence-electron chi connectivity index (χ4n) is 1.88. The molecule has 1 atom stereocenters. The topological polar surface area (TPSA) is 114 Å². The molecular weight excluding hydrogens is 316 g/mol. The number of benzene rings is 1. The second-order valence-corrected chi connectivity index (χ2v) is 4.86. The van der Waals surface area contributed by atoms with Gasteiger partial charge in [-0.2, -0.15) is 21.0 Å². The van der Waals surface area contributed by atoms with E-state index in [2.05, 4.69) is 6.58 Å². The van der Waals surface area contributed by atoms with E-state index in [1.807, 2.05) is 0 Å². The van der Waals surface area contributed by atoms with Crippen LogP contribution in [0.5, 0.6) is 5.75 Å². The lowest BCUT2D eigenvalue weighted by Gasteiger charge is -2.31. The van der Waals surface area contributed by atoms with E-state index < -0.39 is 5.79 Å². The third-order valence-electron chi connectivity index (χ3n) is 2.82. The predicted molar refractivity (Wildman–Crippen MR) is 88.9 cm³/mol. The van der Waals surface area contributed by atoms with Crippen LogP contribution in [0.15, 0.2) is 66.0 Å². The molecule has 6 heteroatoms. The Morgan fingerprint density at radius 3 is 2.08 bits per heavy atom. The van der Waals surface area contributed by atoms with Crippen LogP contribution in [-0.4, -0.2) is 5.79 Å². The first-order valence-corrected chi connectivity index (χ1v) is 7.10. The highest BCUT2D eigenvalue weighted by molar-refractivity contribution is 5.39. The van der Waals surface area contributed by atoms with Gasteiger partial charge in [0.15, 0.2) is 0 Å². The lowest BCUT2D eigenvalue weighted by molar-refractivity contribution is -0.112. The quantitative estimate of drug-likeness (QED) is 0.428. The van der Waals surface area contributed by atoms with E-state index in [4.69, 9.17) is 30.5 Å². The fourth-order valence-corrected chi connectivity index (χ4v) is 1.88. The van der Waals surface area contributed by atoms with Crippen LogP contribution in [0, 0.1) is 45.3 Å². The average Bonchev–Trinajstić information content (AvgIpc) is 2.61. The van der Waals surface area contributed by atoms with Crippen molar-refractivity contribution in [2.24, 2.45) is 0 Å². The summed E-state index contributed by atoms with van der Waals surface area (Å²) >= 11 is 0. The summed E-state index contributed by atoms with van der Waals surface area (Å²) in [5.41, 5.74) is -0.378. The molecule has 0 saturated heterocycles. The zero-order chi connectivity index (χ0) is 18.7. The minimum Gasteiger partial charge on any atom is -0.454 e. The Morgan fingerprint density at radius 1 is 1.04 bits per heavy atom. The van der Waals surface area contributed by atoms with E-state index >= 15 is 0 Å². The first-order chi connectivity index (χ1) is 12.0. The number of hydrogen-bond donors (Lipinski definition) is 0. The molecular formula is C19H14N4O2. The van der Waals surface area contributed by atoms with Crippen molar-refractivity contribution in [3.63, 3.8) is 0 Å². The van der Waals surface area contributed by atoms with Crippen molar-refractivity contribution in [2.45, 2.75) is 19.1 Å². The summed E-state index contributed by atoms with van der Waals surface area (Å²) in [4.78, 5) is 0. The van der Waals surface area contributed by atoms with Gasteiger partial charge in [0.2, 0.25) is 0 Å². The molecule has 0 N–H and O–H groups in total. The van der Waals surface area contributed by atoms with Gasteiger partial charge >= 0.3 is 0 Å². The predicted octanol–water partition coefficient (Wildman–Crippen LogP) is 3.65. The summed E-state index contributed by atoms with van der Waals surface area (Å²) in [6.07, 6.45) is 2.43. The number of ether oxygens (including phenoxy) is 2. The second-order valence-electron chi connectivity index (χ2n) is 4.86. The van der Waals surface area contributed by atoms with E-state index in [9.17, 15) is 0 Å². The Bertz CT molecular complexity index is 826. The third-order valence-corrected chi connectivity index (χ3v) is 2.82. The van der Waals surface area contributed by atoms with Crippen LogP contribution < -0.4 is 4.74 Å². The minimum absolute atomic E-state index is 0.0853. The van der Waals surface area contributed by atoms with Gasteiger partial charge in [-0.3, -0.25) is 0 Å².